The van der Waals surface area contributed by atoms with Crippen molar-refractivity contribution in [2.75, 3.05) is 4.90 Å². The summed E-state index contributed by atoms with van der Waals surface area (Å²) in [6.45, 7) is 2.17. The number of nitro benzene ring substituents is 1. The topological polar surface area (TPSA) is 123 Å². The quantitative estimate of drug-likeness (QED) is 0.141. The van der Waals surface area contributed by atoms with Crippen LogP contribution in [0.5, 0.6) is 5.75 Å². The van der Waals surface area contributed by atoms with Gasteiger partial charge in [-0.05, 0) is 67.0 Å². The Morgan fingerprint density at radius 2 is 1.71 bits per heavy atom. The van der Waals surface area contributed by atoms with Crippen LogP contribution >= 0.6 is 34.7 Å². The molecule has 228 valence electrons. The zero-order valence-electron chi connectivity index (χ0n) is 23.8. The summed E-state index contributed by atoms with van der Waals surface area (Å²) in [7, 11) is 0. The SMILES string of the molecule is Cc1ccc(N2C(=O)C3C4CC(C3C2=O)C2C4Sc3[nH]c(=O)sc3[C@@H]2c2cc([N+](=O)[O-])ccc2OCc2ccc(Cl)cc2)cc1. The van der Waals surface area contributed by atoms with E-state index in [9.17, 15) is 24.5 Å². The Morgan fingerprint density at radius 3 is 2.42 bits per heavy atom. The molecule has 4 aliphatic rings. The molecule has 1 saturated heterocycles. The second-order valence-corrected chi connectivity index (χ2v) is 14.8. The Morgan fingerprint density at radius 1 is 1.00 bits per heavy atom. The number of nitro groups is 1. The fraction of sp³-hybridized carbons (Fsp3) is 0.303. The fourth-order valence-electron chi connectivity index (χ4n) is 8.08. The molecule has 3 aromatic carbocycles. The summed E-state index contributed by atoms with van der Waals surface area (Å²) in [5, 5.41) is 13.3. The average molecular weight is 660 g/mol. The van der Waals surface area contributed by atoms with Gasteiger partial charge in [0.05, 0.1) is 27.5 Å². The molecule has 6 unspecified atom stereocenters. The maximum atomic E-state index is 14.1. The minimum atomic E-state index is -0.484. The van der Waals surface area contributed by atoms with Crippen molar-refractivity contribution in [3.63, 3.8) is 0 Å². The summed E-state index contributed by atoms with van der Waals surface area (Å²) in [6.07, 6.45) is 0.711. The summed E-state index contributed by atoms with van der Waals surface area (Å²) in [6, 6.07) is 19.3. The van der Waals surface area contributed by atoms with E-state index >= 15 is 0 Å². The monoisotopic (exact) mass is 659 g/mol. The van der Waals surface area contributed by atoms with Crippen LogP contribution in [0, 0.1) is 46.6 Å². The van der Waals surface area contributed by atoms with E-state index < -0.39 is 22.7 Å². The Bertz CT molecular complexity index is 1940. The number of carbonyl (C=O) groups excluding carboxylic acids is 2. The lowest BCUT2D eigenvalue weighted by atomic mass is 9.68. The first-order valence-corrected chi connectivity index (χ1v) is 16.8. The number of carbonyl (C=O) groups is 2. The largest absolute Gasteiger partial charge is 0.489 e. The minimum absolute atomic E-state index is 0.0582. The number of aromatic nitrogens is 1. The Labute approximate surface area is 270 Å². The number of halogens is 1. The molecule has 7 atom stereocenters. The van der Waals surface area contributed by atoms with Crippen LogP contribution in [-0.4, -0.2) is 27.0 Å². The number of thioether (sulfide) groups is 1. The second kappa shape index (κ2) is 10.6. The lowest BCUT2D eigenvalue weighted by Gasteiger charge is -2.43. The standard InChI is InChI=1S/C33H26ClN3O6S2/c1-15-2-8-18(9-3-15)36-31(38)26-21-13-22(27(26)32(36)39)28-25(21)24(29-30(44-28)35-33(40)45-29)20-12-19(37(41)42)10-11-23(20)43-14-16-4-6-17(34)7-5-16/h2-12,21-22,24-28H,13-14H2,1H3,(H,35,40)/t21?,22?,24-,25?,26?,27?,28?/m1/s1. The molecule has 4 aromatic rings. The summed E-state index contributed by atoms with van der Waals surface area (Å²) in [4.78, 5) is 57.2. The minimum Gasteiger partial charge on any atom is -0.489 e. The highest BCUT2D eigenvalue weighted by Gasteiger charge is 2.70. The number of imide groups is 1. The highest BCUT2D eigenvalue weighted by molar-refractivity contribution is 8.00. The van der Waals surface area contributed by atoms with Gasteiger partial charge in [0.15, 0.2) is 0 Å². The Kier molecular flexibility index (Phi) is 6.70. The van der Waals surface area contributed by atoms with E-state index in [2.05, 4.69) is 4.98 Å². The van der Waals surface area contributed by atoms with Crippen LogP contribution in [0.3, 0.4) is 0 Å². The first kappa shape index (κ1) is 28.5. The van der Waals surface area contributed by atoms with Crippen molar-refractivity contribution in [2.24, 2.45) is 29.6 Å². The number of nitrogens with one attached hydrogen (secondary N) is 1. The fourth-order valence-corrected chi connectivity index (χ4v) is 11.1. The average Bonchev–Trinajstić information content (AvgIpc) is 3.76. The molecule has 2 amide bonds. The number of hydrogen-bond acceptors (Lipinski definition) is 8. The molecular weight excluding hydrogens is 634 g/mol. The lowest BCUT2D eigenvalue weighted by Crippen LogP contribution is -2.42. The van der Waals surface area contributed by atoms with Crippen molar-refractivity contribution in [3.8, 4) is 5.75 Å². The number of nitrogens with zero attached hydrogens (tertiary/aromatic N) is 2. The van der Waals surface area contributed by atoms with Crippen LogP contribution < -0.4 is 14.5 Å². The van der Waals surface area contributed by atoms with Gasteiger partial charge in [0.25, 0.3) is 5.69 Å². The summed E-state index contributed by atoms with van der Waals surface area (Å²) in [5.74, 6) is -1.55. The van der Waals surface area contributed by atoms with E-state index in [1.807, 2.05) is 43.3 Å². The van der Waals surface area contributed by atoms with Crippen molar-refractivity contribution in [1.29, 1.82) is 0 Å². The number of amides is 2. The molecule has 0 radical (unpaired) electrons. The molecule has 3 fully saturated rings. The molecule has 2 aliphatic carbocycles. The number of aromatic amines is 1. The van der Waals surface area contributed by atoms with E-state index in [0.29, 0.717) is 28.4 Å². The zero-order chi connectivity index (χ0) is 31.1. The van der Waals surface area contributed by atoms with E-state index in [4.69, 9.17) is 16.3 Å². The first-order valence-electron chi connectivity index (χ1n) is 14.7. The van der Waals surface area contributed by atoms with Gasteiger partial charge in [-0.2, -0.15) is 0 Å². The van der Waals surface area contributed by atoms with E-state index in [-0.39, 0.29) is 52.0 Å². The molecule has 12 heteroatoms. The molecule has 1 aromatic heterocycles. The summed E-state index contributed by atoms with van der Waals surface area (Å²) in [5.41, 5.74) is 3.02. The third-order valence-electron chi connectivity index (χ3n) is 9.86. The van der Waals surface area contributed by atoms with Crippen LogP contribution in [-0.2, 0) is 16.2 Å². The molecule has 9 nitrogen and oxygen atoms in total. The third-order valence-corrected chi connectivity index (χ3v) is 12.7. The highest BCUT2D eigenvalue weighted by atomic mass is 35.5. The number of aryl methyl sites for hydroxylation is 1. The smallest absolute Gasteiger partial charge is 0.305 e. The molecule has 2 bridgehead atoms. The van der Waals surface area contributed by atoms with Crippen molar-refractivity contribution in [2.45, 2.75) is 36.1 Å². The molecule has 3 heterocycles. The molecule has 2 aliphatic heterocycles. The molecule has 8 rings (SSSR count). The molecular formula is C33H26ClN3O6S2. The van der Waals surface area contributed by atoms with Gasteiger partial charge in [-0.1, -0.05) is 52.8 Å². The van der Waals surface area contributed by atoms with E-state index in [1.165, 1.54) is 11.0 Å². The van der Waals surface area contributed by atoms with Crippen molar-refractivity contribution >= 4 is 57.9 Å². The van der Waals surface area contributed by atoms with E-state index in [0.717, 1.165) is 32.4 Å². The summed E-state index contributed by atoms with van der Waals surface area (Å²) >= 11 is 8.73. The highest BCUT2D eigenvalue weighted by Crippen LogP contribution is 2.69. The predicted molar refractivity (Wildman–Crippen MR) is 171 cm³/mol. The zero-order valence-corrected chi connectivity index (χ0v) is 26.2. The number of benzene rings is 3. The number of fused-ring (bicyclic) bond motifs is 9. The molecule has 2 saturated carbocycles. The Balaban J connectivity index is 1.22. The number of thiazole rings is 1. The van der Waals surface area contributed by atoms with Gasteiger partial charge >= 0.3 is 4.87 Å². The van der Waals surface area contributed by atoms with Gasteiger partial charge in [0.1, 0.15) is 12.4 Å². The van der Waals surface area contributed by atoms with Crippen molar-refractivity contribution in [1.82, 2.24) is 4.98 Å². The van der Waals surface area contributed by atoms with Gasteiger partial charge in [-0.15, -0.1) is 11.8 Å². The molecule has 1 N–H and O–H groups in total. The van der Waals surface area contributed by atoms with Crippen LogP contribution in [0.4, 0.5) is 11.4 Å². The normalized spacial score (nSPS) is 27.8. The number of H-pyrrole nitrogens is 1. The maximum absolute atomic E-state index is 14.1. The number of non-ortho nitro benzene ring substituents is 1. The van der Waals surface area contributed by atoms with E-state index in [1.54, 1.807) is 36.0 Å². The number of ether oxygens (including phenoxy) is 1. The van der Waals surface area contributed by atoms with Crippen molar-refractivity contribution in [3.05, 3.63) is 113 Å². The van der Waals surface area contributed by atoms with Crippen LogP contribution in [0.2, 0.25) is 5.02 Å². The second-order valence-electron chi connectivity index (χ2n) is 12.2. The number of anilines is 1. The van der Waals surface area contributed by atoms with Crippen LogP contribution in [0.25, 0.3) is 0 Å². The van der Waals surface area contributed by atoms with Gasteiger partial charge in [-0.25, -0.2) is 0 Å². The molecule has 45 heavy (non-hydrogen) atoms. The van der Waals surface area contributed by atoms with Gasteiger partial charge < -0.3 is 9.72 Å². The van der Waals surface area contributed by atoms with Gasteiger partial charge in [0, 0.05) is 38.8 Å². The van der Waals surface area contributed by atoms with Crippen molar-refractivity contribution < 1.29 is 19.2 Å². The maximum Gasteiger partial charge on any atom is 0.305 e. The third kappa shape index (κ3) is 4.46. The van der Waals surface area contributed by atoms with Crippen LogP contribution in [0.15, 0.2) is 76.6 Å². The summed E-state index contributed by atoms with van der Waals surface area (Å²) < 4.78 is 6.33. The van der Waals surface area contributed by atoms with Gasteiger partial charge in [-0.3, -0.25) is 29.4 Å². The van der Waals surface area contributed by atoms with Crippen LogP contribution in [0.1, 0.15) is 33.9 Å². The lowest BCUT2D eigenvalue weighted by molar-refractivity contribution is -0.385. The Hall–Kier alpha value is -3.93. The number of rotatable bonds is 6. The predicted octanol–water partition coefficient (Wildman–Crippen LogP) is 6.56. The number of hydrogen-bond donors (Lipinski definition) is 1. The van der Waals surface area contributed by atoms with Gasteiger partial charge in [0.2, 0.25) is 11.8 Å². The molecule has 0 spiro atoms. The first-order chi connectivity index (χ1) is 21.7.